The lowest BCUT2D eigenvalue weighted by molar-refractivity contribution is 0.153. The number of phenols is 1. The second-order valence-corrected chi connectivity index (χ2v) is 12.7. The minimum absolute atomic E-state index is 0.0562. The summed E-state index contributed by atoms with van der Waals surface area (Å²) in [6, 6.07) is 20.9. The fourth-order valence-electron chi connectivity index (χ4n) is 5.69. The number of unbranched alkanes of at least 4 members (excludes halogenated alkanes) is 2. The summed E-state index contributed by atoms with van der Waals surface area (Å²) in [7, 11) is 1.30. The molecule has 40 heavy (non-hydrogen) atoms. The molecular formula is C32H43N3O4S. The van der Waals surface area contributed by atoms with Crippen LogP contribution in [0, 0.1) is 0 Å². The topological polar surface area (TPSA) is 73.3 Å². The van der Waals surface area contributed by atoms with Crippen LogP contribution in [0.3, 0.4) is 0 Å². The van der Waals surface area contributed by atoms with Crippen LogP contribution in [-0.2, 0) is 16.6 Å². The quantitative estimate of drug-likeness (QED) is 0.272. The number of hydrogen-bond acceptors (Lipinski definition) is 6. The van der Waals surface area contributed by atoms with Gasteiger partial charge in [0, 0.05) is 38.9 Å². The first-order chi connectivity index (χ1) is 19.2. The molecule has 0 saturated carbocycles. The van der Waals surface area contributed by atoms with E-state index in [9.17, 15) is 13.5 Å². The molecule has 0 aromatic heterocycles. The summed E-state index contributed by atoms with van der Waals surface area (Å²) >= 11 is 0. The van der Waals surface area contributed by atoms with E-state index in [1.165, 1.54) is 6.07 Å². The third-order valence-corrected chi connectivity index (χ3v) is 9.90. The first-order valence-electron chi connectivity index (χ1n) is 14.2. The standard InChI is InChI=1S/C32H43N3O4S/c1-6-8-19-32(20-9-7-2)24-34(26-13-11-10-12-14-26)29-21-28(33(3)4)30(36)22-31(29)40(37,38)35(32)23-25-15-17-27(39-5)18-16-25/h10-18,21-22,36H,6-9,19-20,23-24H2,1-5H3. The number of anilines is 3. The second kappa shape index (κ2) is 12.5. The van der Waals surface area contributed by atoms with E-state index in [0.29, 0.717) is 17.9 Å². The van der Waals surface area contributed by atoms with Gasteiger partial charge in [-0.15, -0.1) is 0 Å². The lowest BCUT2D eigenvalue weighted by atomic mass is 9.85. The van der Waals surface area contributed by atoms with E-state index in [4.69, 9.17) is 4.74 Å². The number of phenolic OH excluding ortho intramolecular Hbond substituents is 1. The van der Waals surface area contributed by atoms with Crippen molar-refractivity contribution in [3.63, 3.8) is 0 Å². The van der Waals surface area contributed by atoms with Gasteiger partial charge in [0.1, 0.15) is 16.4 Å². The molecule has 1 aliphatic heterocycles. The number of fused-ring (bicyclic) bond motifs is 1. The molecule has 1 aliphatic rings. The summed E-state index contributed by atoms with van der Waals surface area (Å²) in [5.41, 5.74) is 2.32. The van der Waals surface area contributed by atoms with Crippen LogP contribution in [-0.4, -0.2) is 51.1 Å². The second-order valence-electron chi connectivity index (χ2n) is 10.9. The van der Waals surface area contributed by atoms with Crippen molar-refractivity contribution in [3.8, 4) is 11.5 Å². The van der Waals surface area contributed by atoms with Gasteiger partial charge >= 0.3 is 0 Å². The number of benzene rings is 3. The highest BCUT2D eigenvalue weighted by Gasteiger charge is 2.48. The monoisotopic (exact) mass is 565 g/mol. The van der Waals surface area contributed by atoms with E-state index in [0.717, 1.165) is 55.5 Å². The number of nitrogens with zero attached hydrogens (tertiary/aromatic N) is 3. The van der Waals surface area contributed by atoms with Crippen molar-refractivity contribution in [1.29, 1.82) is 0 Å². The molecule has 3 aromatic carbocycles. The van der Waals surface area contributed by atoms with Gasteiger partial charge in [-0.1, -0.05) is 69.9 Å². The lowest BCUT2D eigenvalue weighted by Crippen LogP contribution is -2.55. The molecular weight excluding hydrogens is 522 g/mol. The molecule has 0 saturated heterocycles. The molecule has 0 fully saturated rings. The van der Waals surface area contributed by atoms with Crippen LogP contribution in [0.15, 0.2) is 71.6 Å². The fourth-order valence-corrected chi connectivity index (χ4v) is 7.69. The third-order valence-electron chi connectivity index (χ3n) is 7.92. The van der Waals surface area contributed by atoms with Crippen LogP contribution in [0.2, 0.25) is 0 Å². The Hall–Kier alpha value is -3.23. The molecule has 216 valence electrons. The van der Waals surface area contributed by atoms with E-state index >= 15 is 0 Å². The van der Waals surface area contributed by atoms with Crippen molar-refractivity contribution in [1.82, 2.24) is 4.31 Å². The molecule has 0 radical (unpaired) electrons. The van der Waals surface area contributed by atoms with Crippen molar-refractivity contribution in [3.05, 3.63) is 72.3 Å². The number of rotatable bonds is 11. The van der Waals surface area contributed by atoms with Gasteiger partial charge in [-0.25, -0.2) is 8.42 Å². The maximum Gasteiger partial charge on any atom is 0.246 e. The van der Waals surface area contributed by atoms with Gasteiger partial charge in [0.15, 0.2) is 0 Å². The van der Waals surface area contributed by atoms with Crippen molar-refractivity contribution >= 4 is 27.1 Å². The average Bonchev–Trinajstić information content (AvgIpc) is 3.03. The minimum Gasteiger partial charge on any atom is -0.506 e. The van der Waals surface area contributed by atoms with E-state index in [-0.39, 0.29) is 17.2 Å². The Morgan fingerprint density at radius 3 is 2.12 bits per heavy atom. The maximum atomic E-state index is 14.9. The Kier molecular flexibility index (Phi) is 9.31. The van der Waals surface area contributed by atoms with Crippen LogP contribution >= 0.6 is 0 Å². The van der Waals surface area contributed by atoms with Crippen LogP contribution in [0.25, 0.3) is 0 Å². The zero-order valence-electron chi connectivity index (χ0n) is 24.4. The fraction of sp³-hybridized carbons (Fsp3) is 0.438. The lowest BCUT2D eigenvalue weighted by Gasteiger charge is -2.44. The zero-order valence-corrected chi connectivity index (χ0v) is 25.2. The normalized spacial score (nSPS) is 16.3. The average molecular weight is 566 g/mol. The van der Waals surface area contributed by atoms with Crippen LogP contribution in [0.5, 0.6) is 11.5 Å². The molecule has 4 rings (SSSR count). The summed E-state index contributed by atoms with van der Waals surface area (Å²) in [5.74, 6) is 0.673. The molecule has 7 nitrogen and oxygen atoms in total. The van der Waals surface area contributed by atoms with Crippen LogP contribution in [0.1, 0.15) is 57.9 Å². The third kappa shape index (κ3) is 5.93. The zero-order chi connectivity index (χ0) is 28.9. The molecule has 0 unspecified atom stereocenters. The van der Waals surface area contributed by atoms with Gasteiger partial charge in [-0.2, -0.15) is 4.31 Å². The summed E-state index contributed by atoms with van der Waals surface area (Å²) < 4.78 is 36.8. The predicted octanol–water partition coefficient (Wildman–Crippen LogP) is 6.93. The molecule has 0 aliphatic carbocycles. The Morgan fingerprint density at radius 2 is 1.57 bits per heavy atom. The molecule has 0 atom stereocenters. The van der Waals surface area contributed by atoms with E-state index in [1.807, 2.05) is 79.7 Å². The largest absolute Gasteiger partial charge is 0.506 e. The van der Waals surface area contributed by atoms with Crippen molar-refractivity contribution in [2.75, 3.05) is 37.5 Å². The number of sulfonamides is 1. The highest BCUT2D eigenvalue weighted by Crippen LogP contribution is 2.48. The van der Waals surface area contributed by atoms with Crippen molar-refractivity contribution in [2.24, 2.45) is 0 Å². The summed E-state index contributed by atoms with van der Waals surface area (Å²) in [6.07, 6.45) is 5.23. The van der Waals surface area contributed by atoms with Crippen LogP contribution < -0.4 is 14.5 Å². The molecule has 3 aromatic rings. The van der Waals surface area contributed by atoms with Crippen molar-refractivity contribution < 1.29 is 18.3 Å². The Bertz CT molecular complexity index is 1370. The number of aromatic hydroxyl groups is 1. The molecule has 1 N–H and O–H groups in total. The first-order valence-corrected chi connectivity index (χ1v) is 15.6. The van der Waals surface area contributed by atoms with Gasteiger partial charge in [0.25, 0.3) is 0 Å². The highest BCUT2D eigenvalue weighted by molar-refractivity contribution is 7.89. The van der Waals surface area contributed by atoms with E-state index in [1.54, 1.807) is 11.4 Å². The number of para-hydroxylation sites is 1. The summed E-state index contributed by atoms with van der Waals surface area (Å²) in [6.45, 7) is 5.05. The summed E-state index contributed by atoms with van der Waals surface area (Å²) in [5, 5.41) is 11.0. The molecule has 8 heteroatoms. The Labute approximate surface area is 240 Å². The number of methoxy groups -OCH3 is 1. The Morgan fingerprint density at radius 1 is 0.950 bits per heavy atom. The van der Waals surface area contributed by atoms with Crippen molar-refractivity contribution in [2.45, 2.75) is 69.4 Å². The van der Waals surface area contributed by atoms with E-state index < -0.39 is 15.6 Å². The highest BCUT2D eigenvalue weighted by atomic mass is 32.2. The van der Waals surface area contributed by atoms with Gasteiger partial charge < -0.3 is 19.6 Å². The molecule has 0 bridgehead atoms. The van der Waals surface area contributed by atoms with Crippen LogP contribution in [0.4, 0.5) is 17.1 Å². The maximum absolute atomic E-state index is 14.9. The predicted molar refractivity (Wildman–Crippen MR) is 163 cm³/mol. The molecule has 0 spiro atoms. The summed E-state index contributed by atoms with van der Waals surface area (Å²) in [4.78, 5) is 4.09. The van der Waals surface area contributed by atoms with E-state index in [2.05, 4.69) is 18.7 Å². The SMILES string of the molecule is CCCCC1(CCCC)CN(c2ccccc2)c2cc(N(C)C)c(O)cc2S(=O)(=O)N1Cc1ccc(OC)cc1. The minimum atomic E-state index is -4.03. The van der Waals surface area contributed by atoms with Gasteiger partial charge in [0.05, 0.1) is 24.0 Å². The van der Waals surface area contributed by atoms with Gasteiger partial charge in [-0.3, -0.25) is 0 Å². The smallest absolute Gasteiger partial charge is 0.246 e. The van der Waals surface area contributed by atoms with Gasteiger partial charge in [0.2, 0.25) is 10.0 Å². The number of ether oxygens (including phenoxy) is 1. The number of hydrogen-bond donors (Lipinski definition) is 1. The first kappa shape index (κ1) is 29.7. The Balaban J connectivity index is 2.01. The van der Waals surface area contributed by atoms with Gasteiger partial charge in [-0.05, 0) is 48.7 Å². The molecule has 0 amide bonds. The molecule has 1 heterocycles.